The molecule has 0 aliphatic heterocycles. The van der Waals surface area contributed by atoms with Gasteiger partial charge in [0, 0.05) is 43.4 Å². The third-order valence-electron chi connectivity index (χ3n) is 9.30. The van der Waals surface area contributed by atoms with Gasteiger partial charge in [-0.3, -0.25) is 4.57 Å². The van der Waals surface area contributed by atoms with Gasteiger partial charge < -0.3 is 8.83 Å². The summed E-state index contributed by atoms with van der Waals surface area (Å²) in [6.07, 6.45) is 0. The number of aromatic nitrogens is 4. The number of furan rings is 2. The molecule has 238 valence electrons. The second-order valence-electron chi connectivity index (χ2n) is 12.1. The summed E-state index contributed by atoms with van der Waals surface area (Å²) in [5, 5.41) is 3.49. The van der Waals surface area contributed by atoms with E-state index in [9.17, 15) is 2.74 Å². The van der Waals surface area contributed by atoms with E-state index in [-0.39, 0.29) is 57.1 Å². The molecule has 0 saturated carbocycles. The van der Waals surface area contributed by atoms with Crippen LogP contribution in [0.4, 0.5) is 0 Å². The molecule has 0 spiro atoms. The molecule has 0 radical (unpaired) electrons. The maximum atomic E-state index is 9.33. The van der Waals surface area contributed by atoms with Crippen LogP contribution in [0.3, 0.4) is 0 Å². The highest BCUT2D eigenvalue weighted by Gasteiger charge is 2.23. The van der Waals surface area contributed by atoms with Gasteiger partial charge in [0.05, 0.1) is 23.4 Å². The Labute approximate surface area is 303 Å². The van der Waals surface area contributed by atoms with E-state index in [0.29, 0.717) is 39.0 Å². The summed E-state index contributed by atoms with van der Waals surface area (Å²) in [6.45, 7) is 0. The molecular formula is C45H26N4O2. The molecule has 0 saturated heterocycles. The lowest BCUT2D eigenvalue weighted by molar-refractivity contribution is 0.668. The number of fused-ring (bicyclic) bond motifs is 9. The minimum absolute atomic E-state index is 0.00727. The van der Waals surface area contributed by atoms with Gasteiger partial charge in [-0.25, -0.2) is 4.98 Å². The van der Waals surface area contributed by atoms with Crippen LogP contribution in [0.2, 0.25) is 0 Å². The lowest BCUT2D eigenvalue weighted by Crippen LogP contribution is -2.06. The number of hydrogen-bond acceptors (Lipinski definition) is 5. The fraction of sp³-hybridized carbons (Fsp3) is 0. The largest absolute Gasteiger partial charge is 0.456 e. The van der Waals surface area contributed by atoms with Crippen LogP contribution >= 0.6 is 0 Å². The van der Waals surface area contributed by atoms with Gasteiger partial charge in [0.1, 0.15) is 22.3 Å². The van der Waals surface area contributed by atoms with Gasteiger partial charge in [0.2, 0.25) is 5.95 Å². The van der Waals surface area contributed by atoms with Crippen LogP contribution in [0.15, 0.2) is 166 Å². The standard InChI is InChI=1S/C45H26N4O2/c1-2-13-27(14-3-1)28-18-10-22-35-40(28)29-15-4-7-21-34(29)49(35)45-47-43(32-19-11-25-38-41(32)30-16-5-8-23-36(30)50-38)46-44(48-45)33-20-12-26-39-42(33)31-17-6-9-24-37(31)51-39/h1-26H/i1D,2D,3D,4D,7D,13D,14D,15D,21D. The molecule has 0 atom stereocenters. The Balaban J connectivity index is 1.31. The Hall–Kier alpha value is -7.05. The van der Waals surface area contributed by atoms with Gasteiger partial charge in [-0.15, -0.1) is 0 Å². The molecule has 4 heterocycles. The van der Waals surface area contributed by atoms with E-state index in [1.54, 1.807) is 18.2 Å². The van der Waals surface area contributed by atoms with Crippen molar-refractivity contribution < 1.29 is 21.2 Å². The van der Waals surface area contributed by atoms with Crippen molar-refractivity contribution in [1.82, 2.24) is 19.5 Å². The molecule has 11 rings (SSSR count). The number of benzene rings is 7. The Bertz CT molecular complexity index is 3530. The zero-order chi connectivity index (χ0) is 41.3. The molecule has 0 fully saturated rings. The van der Waals surface area contributed by atoms with Crippen molar-refractivity contribution in [2.75, 3.05) is 0 Å². The lowest BCUT2D eigenvalue weighted by Gasteiger charge is -2.12. The number of hydrogen-bond donors (Lipinski definition) is 0. The van der Waals surface area contributed by atoms with Gasteiger partial charge in [-0.05, 0) is 47.5 Å². The molecule has 0 bridgehead atoms. The predicted molar refractivity (Wildman–Crippen MR) is 205 cm³/mol. The first-order valence-corrected chi connectivity index (χ1v) is 16.2. The highest BCUT2D eigenvalue weighted by molar-refractivity contribution is 6.16. The summed E-state index contributed by atoms with van der Waals surface area (Å²) in [4.78, 5) is 15.3. The van der Waals surface area contributed by atoms with Crippen molar-refractivity contribution in [3.05, 3.63) is 158 Å². The number of rotatable bonds is 4. The third kappa shape index (κ3) is 4.14. The van der Waals surface area contributed by atoms with Gasteiger partial charge in [-0.1, -0.05) is 121 Å². The molecule has 51 heavy (non-hydrogen) atoms. The fourth-order valence-corrected chi connectivity index (χ4v) is 7.19. The van der Waals surface area contributed by atoms with Gasteiger partial charge in [-0.2, -0.15) is 9.97 Å². The average molecular weight is 664 g/mol. The highest BCUT2D eigenvalue weighted by atomic mass is 16.3. The lowest BCUT2D eigenvalue weighted by atomic mass is 9.99. The summed E-state index contributed by atoms with van der Waals surface area (Å²) in [7, 11) is 0. The summed E-state index contributed by atoms with van der Waals surface area (Å²) in [5.41, 5.74) is 4.18. The zero-order valence-corrected chi connectivity index (χ0v) is 26.4. The normalized spacial score (nSPS) is 14.4. The third-order valence-corrected chi connectivity index (χ3v) is 9.30. The monoisotopic (exact) mass is 663 g/mol. The predicted octanol–water partition coefficient (Wildman–Crippen LogP) is 11.8. The first-order valence-electron chi connectivity index (χ1n) is 20.7. The molecule has 0 aliphatic carbocycles. The Morgan fingerprint density at radius 1 is 0.431 bits per heavy atom. The quantitative estimate of drug-likeness (QED) is 0.187. The van der Waals surface area contributed by atoms with Crippen molar-refractivity contribution in [1.29, 1.82) is 0 Å². The van der Waals surface area contributed by atoms with E-state index >= 15 is 0 Å². The van der Waals surface area contributed by atoms with E-state index in [4.69, 9.17) is 33.4 Å². The molecule has 6 heteroatoms. The van der Waals surface area contributed by atoms with E-state index in [0.717, 1.165) is 21.5 Å². The molecule has 0 unspecified atom stereocenters. The average Bonchev–Trinajstić information content (AvgIpc) is 3.96. The van der Waals surface area contributed by atoms with Gasteiger partial charge in [0.25, 0.3) is 0 Å². The Morgan fingerprint density at radius 2 is 0.980 bits per heavy atom. The number of nitrogens with zero attached hydrogens (tertiary/aromatic N) is 4. The summed E-state index contributed by atoms with van der Waals surface area (Å²) >= 11 is 0. The van der Waals surface area contributed by atoms with Crippen LogP contribution in [-0.2, 0) is 0 Å². The van der Waals surface area contributed by atoms with E-state index < -0.39 is 42.3 Å². The van der Waals surface area contributed by atoms with Crippen molar-refractivity contribution in [3.8, 4) is 39.9 Å². The van der Waals surface area contributed by atoms with Gasteiger partial charge in [0.15, 0.2) is 11.6 Å². The van der Waals surface area contributed by atoms with Crippen LogP contribution < -0.4 is 0 Å². The first-order chi connectivity index (χ1) is 29.0. The zero-order valence-electron chi connectivity index (χ0n) is 35.4. The van der Waals surface area contributed by atoms with Crippen LogP contribution in [0, 0.1) is 0 Å². The topological polar surface area (TPSA) is 69.9 Å². The Kier molecular flexibility index (Phi) is 4.30. The smallest absolute Gasteiger partial charge is 0.238 e. The fourth-order valence-electron chi connectivity index (χ4n) is 7.19. The summed E-state index contributed by atoms with van der Waals surface area (Å²) < 4.78 is 93.1. The van der Waals surface area contributed by atoms with Crippen LogP contribution in [0.1, 0.15) is 12.3 Å². The van der Waals surface area contributed by atoms with Crippen molar-refractivity contribution in [2.24, 2.45) is 0 Å². The van der Waals surface area contributed by atoms with Crippen LogP contribution in [-0.4, -0.2) is 19.5 Å². The SMILES string of the molecule is [2H]c1c([2H])c([2H])c(-c2cccc3c2c2c([2H])c([2H])c([2H])c([2H])c2n3-c2nc(-c3cccc4oc5ccccc5c34)nc(-c3cccc4oc5ccccc5c34)n2)c([2H])c1[2H]. The first kappa shape index (κ1) is 20.5. The molecule has 0 N–H and O–H groups in total. The van der Waals surface area contributed by atoms with Crippen LogP contribution in [0.5, 0.6) is 0 Å². The molecule has 6 nitrogen and oxygen atoms in total. The summed E-state index contributed by atoms with van der Waals surface area (Å²) in [5.74, 6) is 0.497. The van der Waals surface area contributed by atoms with Crippen LogP contribution in [0.25, 0.3) is 106 Å². The summed E-state index contributed by atoms with van der Waals surface area (Å²) in [6, 6.07) is 27.1. The molecular weight excluding hydrogens is 629 g/mol. The second kappa shape index (κ2) is 10.7. The molecule has 7 aromatic carbocycles. The van der Waals surface area contributed by atoms with E-state index in [1.165, 1.54) is 4.57 Å². The number of para-hydroxylation sites is 3. The molecule has 11 aromatic rings. The van der Waals surface area contributed by atoms with Crippen molar-refractivity contribution in [3.63, 3.8) is 0 Å². The van der Waals surface area contributed by atoms with Gasteiger partial charge >= 0.3 is 0 Å². The minimum atomic E-state index is -0.559. The minimum Gasteiger partial charge on any atom is -0.456 e. The van der Waals surface area contributed by atoms with E-state index in [1.807, 2.05) is 84.9 Å². The molecule has 4 aromatic heterocycles. The second-order valence-corrected chi connectivity index (χ2v) is 12.1. The van der Waals surface area contributed by atoms with E-state index in [2.05, 4.69) is 0 Å². The maximum absolute atomic E-state index is 9.33. The van der Waals surface area contributed by atoms with Crippen molar-refractivity contribution >= 4 is 65.7 Å². The highest BCUT2D eigenvalue weighted by Crippen LogP contribution is 2.41. The molecule has 0 aliphatic rings. The van der Waals surface area contributed by atoms with Crippen molar-refractivity contribution in [2.45, 2.75) is 0 Å². The maximum Gasteiger partial charge on any atom is 0.238 e. The Morgan fingerprint density at radius 3 is 1.65 bits per heavy atom. The molecule has 0 amide bonds.